The lowest BCUT2D eigenvalue weighted by molar-refractivity contribution is 0.314. The van der Waals surface area contributed by atoms with E-state index in [-0.39, 0.29) is 0 Å². The molecule has 1 heterocycles. The zero-order valence-corrected chi connectivity index (χ0v) is 14.7. The van der Waals surface area contributed by atoms with Crippen LogP contribution >= 0.6 is 15.9 Å². The molecule has 3 nitrogen and oxygen atoms in total. The maximum absolute atomic E-state index is 3.75. The molecule has 1 aromatic rings. The normalized spacial score (nSPS) is 22.7. The fourth-order valence-electron chi connectivity index (χ4n) is 3.14. The molecule has 1 aliphatic carbocycles. The second-order valence-corrected chi connectivity index (χ2v) is 7.45. The average Bonchev–Trinajstić information content (AvgIpc) is 3.20. The summed E-state index contributed by atoms with van der Waals surface area (Å²) in [6, 6.07) is 8.23. The van der Waals surface area contributed by atoms with Gasteiger partial charge >= 0.3 is 0 Å². The van der Waals surface area contributed by atoms with Gasteiger partial charge in [-0.2, -0.15) is 0 Å². The Morgan fingerprint density at radius 3 is 2.76 bits per heavy atom. The van der Waals surface area contributed by atoms with Crippen molar-refractivity contribution in [2.45, 2.75) is 44.3 Å². The molecule has 3 rings (SSSR count). The highest BCUT2D eigenvalue weighted by molar-refractivity contribution is 9.10. The van der Waals surface area contributed by atoms with Crippen molar-refractivity contribution in [1.82, 2.24) is 10.2 Å². The molecule has 1 atom stereocenters. The number of halogens is 1. The minimum absolute atomic E-state index is 0.693. The smallest absolute Gasteiger partial charge is 0.0508 e. The van der Waals surface area contributed by atoms with Gasteiger partial charge in [-0.3, -0.25) is 0 Å². The highest BCUT2D eigenvalue weighted by Crippen LogP contribution is 2.28. The fraction of sp³-hybridized carbons (Fsp3) is 0.647. The molecule has 0 spiro atoms. The molecule has 4 heteroatoms. The van der Waals surface area contributed by atoms with Crippen LogP contribution in [0.5, 0.6) is 0 Å². The summed E-state index contributed by atoms with van der Waals surface area (Å²) in [7, 11) is 4.45. The Hall–Kier alpha value is -0.580. The van der Waals surface area contributed by atoms with Gasteiger partial charge in [-0.25, -0.2) is 0 Å². The first-order chi connectivity index (χ1) is 10.1. The quantitative estimate of drug-likeness (QED) is 0.848. The van der Waals surface area contributed by atoms with Gasteiger partial charge in [-0.1, -0.05) is 6.07 Å². The number of anilines is 1. The molecule has 1 aliphatic heterocycles. The molecule has 2 fully saturated rings. The van der Waals surface area contributed by atoms with Crippen LogP contribution in [0.2, 0.25) is 0 Å². The van der Waals surface area contributed by atoms with E-state index in [1.807, 2.05) is 0 Å². The first-order valence-electron chi connectivity index (χ1n) is 8.06. The molecule has 2 aliphatic rings. The molecular formula is C17H26BrN3. The number of rotatable bonds is 6. The molecule has 21 heavy (non-hydrogen) atoms. The molecule has 0 aromatic heterocycles. The maximum atomic E-state index is 3.75. The van der Waals surface area contributed by atoms with Crippen LogP contribution in [0, 0.1) is 0 Å². The van der Waals surface area contributed by atoms with Crippen molar-refractivity contribution in [3.63, 3.8) is 0 Å². The molecule has 1 unspecified atom stereocenters. The summed E-state index contributed by atoms with van der Waals surface area (Å²) in [5, 5.41) is 3.57. The first kappa shape index (κ1) is 15.3. The minimum atomic E-state index is 0.693. The van der Waals surface area contributed by atoms with Gasteiger partial charge in [0.25, 0.3) is 0 Å². The Balaban J connectivity index is 1.60. The van der Waals surface area contributed by atoms with E-state index in [1.54, 1.807) is 0 Å². The summed E-state index contributed by atoms with van der Waals surface area (Å²) in [5.41, 5.74) is 2.66. The fourth-order valence-corrected chi connectivity index (χ4v) is 3.87. The molecule has 1 saturated carbocycles. The summed E-state index contributed by atoms with van der Waals surface area (Å²) < 4.78 is 1.21. The SMILES string of the molecule is CN(CC1CCCN1C)c1ccc(CNC2CC2)cc1Br. The predicted octanol–water partition coefficient (Wildman–Crippen LogP) is 3.23. The molecule has 1 N–H and O–H groups in total. The topological polar surface area (TPSA) is 18.5 Å². The van der Waals surface area contributed by atoms with Crippen molar-refractivity contribution in [1.29, 1.82) is 0 Å². The summed E-state index contributed by atoms with van der Waals surface area (Å²) in [6.07, 6.45) is 5.34. The largest absolute Gasteiger partial charge is 0.372 e. The zero-order valence-electron chi connectivity index (χ0n) is 13.1. The van der Waals surface area contributed by atoms with E-state index in [4.69, 9.17) is 0 Å². The van der Waals surface area contributed by atoms with Crippen LogP contribution in [0.25, 0.3) is 0 Å². The van der Waals surface area contributed by atoms with Gasteiger partial charge in [0.05, 0.1) is 5.69 Å². The van der Waals surface area contributed by atoms with Crippen LogP contribution in [0.4, 0.5) is 5.69 Å². The zero-order chi connectivity index (χ0) is 14.8. The van der Waals surface area contributed by atoms with Crippen LogP contribution < -0.4 is 10.2 Å². The van der Waals surface area contributed by atoms with E-state index in [0.29, 0.717) is 6.04 Å². The predicted molar refractivity (Wildman–Crippen MR) is 92.9 cm³/mol. The van der Waals surface area contributed by atoms with Crippen molar-refractivity contribution in [2.75, 3.05) is 32.1 Å². The Morgan fingerprint density at radius 2 is 2.14 bits per heavy atom. The number of nitrogens with zero attached hydrogens (tertiary/aromatic N) is 2. The van der Waals surface area contributed by atoms with E-state index in [0.717, 1.165) is 19.1 Å². The van der Waals surface area contributed by atoms with E-state index in [1.165, 1.54) is 48.0 Å². The third-order valence-electron chi connectivity index (χ3n) is 4.75. The summed E-state index contributed by atoms with van der Waals surface area (Å²) in [5.74, 6) is 0. The lowest BCUT2D eigenvalue weighted by Crippen LogP contribution is -2.36. The van der Waals surface area contributed by atoms with Crippen LogP contribution in [0.1, 0.15) is 31.2 Å². The third-order valence-corrected chi connectivity index (χ3v) is 5.39. The number of hydrogen-bond acceptors (Lipinski definition) is 3. The van der Waals surface area contributed by atoms with Crippen molar-refractivity contribution in [3.8, 4) is 0 Å². The Kier molecular flexibility index (Phi) is 4.87. The summed E-state index contributed by atoms with van der Waals surface area (Å²) >= 11 is 3.75. The Morgan fingerprint density at radius 1 is 1.33 bits per heavy atom. The third kappa shape index (κ3) is 3.99. The summed E-state index contributed by atoms with van der Waals surface area (Å²) in [4.78, 5) is 4.87. The number of likely N-dealkylation sites (N-methyl/N-ethyl adjacent to an activating group) is 2. The van der Waals surface area contributed by atoms with Gasteiger partial charge in [-0.15, -0.1) is 0 Å². The highest BCUT2D eigenvalue weighted by atomic mass is 79.9. The molecule has 0 radical (unpaired) electrons. The molecular weight excluding hydrogens is 326 g/mol. The lowest BCUT2D eigenvalue weighted by Gasteiger charge is -2.28. The molecule has 0 bridgehead atoms. The number of hydrogen-bond donors (Lipinski definition) is 1. The van der Waals surface area contributed by atoms with E-state index in [2.05, 4.69) is 63.3 Å². The van der Waals surface area contributed by atoms with Gasteiger partial charge in [0, 0.05) is 36.7 Å². The Labute approximate surface area is 136 Å². The van der Waals surface area contributed by atoms with Crippen LogP contribution in [0.3, 0.4) is 0 Å². The standard InChI is InChI=1S/C17H26BrN3/c1-20-9-3-4-15(20)12-21(2)17-8-5-13(10-16(17)18)11-19-14-6-7-14/h5,8,10,14-15,19H,3-4,6-7,9,11-12H2,1-2H3. The van der Waals surface area contributed by atoms with Crippen LogP contribution in [-0.4, -0.2) is 44.2 Å². The minimum Gasteiger partial charge on any atom is -0.372 e. The van der Waals surface area contributed by atoms with Crippen molar-refractivity contribution >= 4 is 21.6 Å². The summed E-state index contributed by atoms with van der Waals surface area (Å²) in [6.45, 7) is 3.33. The van der Waals surface area contributed by atoms with Crippen molar-refractivity contribution < 1.29 is 0 Å². The molecule has 1 saturated heterocycles. The van der Waals surface area contributed by atoms with Gasteiger partial charge < -0.3 is 15.1 Å². The van der Waals surface area contributed by atoms with Gasteiger partial charge in [-0.05, 0) is 72.9 Å². The second-order valence-electron chi connectivity index (χ2n) is 6.60. The highest BCUT2D eigenvalue weighted by Gasteiger charge is 2.23. The van der Waals surface area contributed by atoms with E-state index < -0.39 is 0 Å². The van der Waals surface area contributed by atoms with Crippen LogP contribution in [0.15, 0.2) is 22.7 Å². The van der Waals surface area contributed by atoms with Gasteiger partial charge in [0.1, 0.15) is 0 Å². The van der Waals surface area contributed by atoms with Crippen molar-refractivity contribution in [3.05, 3.63) is 28.2 Å². The molecule has 0 amide bonds. The monoisotopic (exact) mass is 351 g/mol. The molecule has 116 valence electrons. The van der Waals surface area contributed by atoms with Crippen molar-refractivity contribution in [2.24, 2.45) is 0 Å². The first-order valence-corrected chi connectivity index (χ1v) is 8.86. The van der Waals surface area contributed by atoms with Gasteiger partial charge in [0.15, 0.2) is 0 Å². The second kappa shape index (κ2) is 6.67. The average molecular weight is 352 g/mol. The van der Waals surface area contributed by atoms with E-state index >= 15 is 0 Å². The molecule has 1 aromatic carbocycles. The Bertz CT molecular complexity index is 487. The van der Waals surface area contributed by atoms with E-state index in [9.17, 15) is 0 Å². The number of nitrogens with one attached hydrogen (secondary N) is 1. The van der Waals surface area contributed by atoms with Crippen LogP contribution in [-0.2, 0) is 6.54 Å². The lowest BCUT2D eigenvalue weighted by atomic mass is 10.1. The van der Waals surface area contributed by atoms with Gasteiger partial charge in [0.2, 0.25) is 0 Å². The maximum Gasteiger partial charge on any atom is 0.0508 e. The number of benzene rings is 1. The number of likely N-dealkylation sites (tertiary alicyclic amines) is 1.